The lowest BCUT2D eigenvalue weighted by molar-refractivity contribution is 0.0930. The molecule has 2 rings (SSSR count). The molecule has 3 heteroatoms. The molecule has 0 bridgehead atoms. The molecule has 0 spiro atoms. The van der Waals surface area contributed by atoms with Crippen LogP contribution in [0.15, 0.2) is 60.7 Å². The first kappa shape index (κ1) is 13.7. The molecule has 0 aliphatic rings. The van der Waals surface area contributed by atoms with Crippen molar-refractivity contribution >= 4 is 0 Å². The third-order valence-corrected chi connectivity index (χ3v) is 3.14. The fraction of sp³-hybridized carbons (Fsp3) is 0.250. The van der Waals surface area contributed by atoms with E-state index in [9.17, 15) is 8.78 Å². The molecule has 0 unspecified atom stereocenters. The van der Waals surface area contributed by atoms with Gasteiger partial charge < -0.3 is 0 Å². The van der Waals surface area contributed by atoms with Gasteiger partial charge in [0.15, 0.2) is 0 Å². The van der Waals surface area contributed by atoms with Crippen LogP contribution in [0.2, 0.25) is 0 Å². The van der Waals surface area contributed by atoms with Crippen LogP contribution in [-0.4, -0.2) is 6.43 Å². The van der Waals surface area contributed by atoms with Crippen molar-refractivity contribution in [2.24, 2.45) is 0 Å². The van der Waals surface area contributed by atoms with Crippen molar-refractivity contribution in [3.05, 3.63) is 71.8 Å². The highest BCUT2D eigenvalue weighted by Gasteiger charge is 2.23. The average molecular weight is 261 g/mol. The highest BCUT2D eigenvalue weighted by molar-refractivity contribution is 5.22. The first-order valence-corrected chi connectivity index (χ1v) is 6.32. The van der Waals surface area contributed by atoms with Gasteiger partial charge in [-0.25, -0.2) is 8.78 Å². The minimum atomic E-state index is -2.44. The summed E-state index contributed by atoms with van der Waals surface area (Å²) in [5.41, 5.74) is 1.62. The Hall–Kier alpha value is -1.74. The summed E-state index contributed by atoms with van der Waals surface area (Å²) >= 11 is 0. The molecule has 0 aromatic heterocycles. The quantitative estimate of drug-likeness (QED) is 0.844. The molecule has 0 heterocycles. The monoisotopic (exact) mass is 261 g/mol. The predicted octanol–water partition coefficient (Wildman–Crippen LogP) is 4.34. The SMILES string of the molecule is C[C@H](N[C@H](c1ccccc1)C(F)F)c1ccccc1. The van der Waals surface area contributed by atoms with Crippen LogP contribution >= 0.6 is 0 Å². The molecule has 2 aromatic carbocycles. The molecule has 0 saturated heterocycles. The molecule has 2 aromatic rings. The van der Waals surface area contributed by atoms with Crippen molar-refractivity contribution in [1.82, 2.24) is 5.32 Å². The van der Waals surface area contributed by atoms with Gasteiger partial charge in [0.1, 0.15) is 0 Å². The molecule has 0 aliphatic heterocycles. The van der Waals surface area contributed by atoms with Gasteiger partial charge in [0.2, 0.25) is 0 Å². The molecule has 0 fully saturated rings. The molecule has 0 radical (unpaired) electrons. The molecule has 0 aliphatic carbocycles. The summed E-state index contributed by atoms with van der Waals surface area (Å²) in [5.74, 6) is 0. The van der Waals surface area contributed by atoms with Crippen LogP contribution < -0.4 is 5.32 Å². The molecular weight excluding hydrogens is 244 g/mol. The maximum atomic E-state index is 13.2. The van der Waals surface area contributed by atoms with E-state index in [2.05, 4.69) is 5.32 Å². The lowest BCUT2D eigenvalue weighted by Crippen LogP contribution is -2.29. The first-order valence-electron chi connectivity index (χ1n) is 6.32. The minimum absolute atomic E-state index is 0.125. The van der Waals surface area contributed by atoms with Crippen LogP contribution in [0.4, 0.5) is 8.78 Å². The normalized spacial score (nSPS) is 14.3. The van der Waals surface area contributed by atoms with Gasteiger partial charge in [-0.05, 0) is 18.1 Å². The third kappa shape index (κ3) is 3.61. The van der Waals surface area contributed by atoms with E-state index in [0.29, 0.717) is 5.56 Å². The van der Waals surface area contributed by atoms with Crippen LogP contribution in [-0.2, 0) is 0 Å². The van der Waals surface area contributed by atoms with Gasteiger partial charge in [0, 0.05) is 6.04 Å². The van der Waals surface area contributed by atoms with Gasteiger partial charge in [-0.2, -0.15) is 0 Å². The summed E-state index contributed by atoms with van der Waals surface area (Å²) in [4.78, 5) is 0. The molecule has 100 valence electrons. The van der Waals surface area contributed by atoms with Crippen LogP contribution in [0.1, 0.15) is 30.1 Å². The van der Waals surface area contributed by atoms with Crippen molar-refractivity contribution in [2.45, 2.75) is 25.4 Å². The zero-order chi connectivity index (χ0) is 13.7. The second kappa shape index (κ2) is 6.43. The van der Waals surface area contributed by atoms with E-state index < -0.39 is 12.5 Å². The lowest BCUT2D eigenvalue weighted by atomic mass is 10.0. The van der Waals surface area contributed by atoms with E-state index in [1.807, 2.05) is 43.3 Å². The number of alkyl halides is 2. The van der Waals surface area contributed by atoms with Gasteiger partial charge in [-0.15, -0.1) is 0 Å². The van der Waals surface area contributed by atoms with Gasteiger partial charge >= 0.3 is 0 Å². The van der Waals surface area contributed by atoms with E-state index in [1.54, 1.807) is 24.3 Å². The Kier molecular flexibility index (Phi) is 4.63. The summed E-state index contributed by atoms with van der Waals surface area (Å²) < 4.78 is 26.4. The Morgan fingerprint density at radius 1 is 0.789 bits per heavy atom. The Bertz CT molecular complexity index is 485. The number of halogens is 2. The second-order valence-corrected chi connectivity index (χ2v) is 4.52. The maximum Gasteiger partial charge on any atom is 0.257 e. The first-order chi connectivity index (χ1) is 9.18. The standard InChI is InChI=1S/C16H17F2N/c1-12(13-8-4-2-5-9-13)19-15(16(17)18)14-10-6-3-7-11-14/h2-12,15-16,19H,1H3/t12-,15+/m0/s1. The number of rotatable bonds is 5. The van der Waals surface area contributed by atoms with Crippen molar-refractivity contribution < 1.29 is 8.78 Å². The van der Waals surface area contributed by atoms with Crippen molar-refractivity contribution in [1.29, 1.82) is 0 Å². The second-order valence-electron chi connectivity index (χ2n) is 4.52. The van der Waals surface area contributed by atoms with Crippen molar-refractivity contribution in [3.8, 4) is 0 Å². The largest absolute Gasteiger partial charge is 0.299 e. The predicted molar refractivity (Wildman–Crippen MR) is 73.2 cm³/mol. The Morgan fingerprint density at radius 2 is 1.26 bits per heavy atom. The highest BCUT2D eigenvalue weighted by atomic mass is 19.3. The minimum Gasteiger partial charge on any atom is -0.299 e. The number of hydrogen-bond donors (Lipinski definition) is 1. The molecule has 0 amide bonds. The average Bonchev–Trinajstić information content (AvgIpc) is 2.46. The topological polar surface area (TPSA) is 12.0 Å². The summed E-state index contributed by atoms with van der Waals surface area (Å²) in [6.45, 7) is 1.90. The molecule has 19 heavy (non-hydrogen) atoms. The van der Waals surface area contributed by atoms with Crippen molar-refractivity contribution in [3.63, 3.8) is 0 Å². The molecular formula is C16H17F2N. The van der Waals surface area contributed by atoms with Crippen molar-refractivity contribution in [2.75, 3.05) is 0 Å². The van der Waals surface area contributed by atoms with Crippen LogP contribution in [0.5, 0.6) is 0 Å². The molecule has 1 nitrogen and oxygen atoms in total. The fourth-order valence-electron chi connectivity index (χ4n) is 2.08. The maximum absolute atomic E-state index is 13.2. The summed E-state index contributed by atoms with van der Waals surface area (Å²) in [5, 5.41) is 3.00. The Morgan fingerprint density at radius 3 is 1.74 bits per heavy atom. The number of nitrogens with one attached hydrogen (secondary N) is 1. The van der Waals surface area contributed by atoms with E-state index in [1.165, 1.54) is 0 Å². The van der Waals surface area contributed by atoms with Gasteiger partial charge in [-0.1, -0.05) is 60.7 Å². The molecule has 0 saturated carbocycles. The summed E-state index contributed by atoms with van der Waals surface area (Å²) in [6.07, 6.45) is -2.44. The van der Waals surface area contributed by atoms with E-state index >= 15 is 0 Å². The zero-order valence-corrected chi connectivity index (χ0v) is 10.8. The Balaban J connectivity index is 2.14. The zero-order valence-electron chi connectivity index (χ0n) is 10.8. The fourth-order valence-corrected chi connectivity index (χ4v) is 2.08. The van der Waals surface area contributed by atoms with E-state index in [-0.39, 0.29) is 6.04 Å². The van der Waals surface area contributed by atoms with Gasteiger partial charge in [0.05, 0.1) is 6.04 Å². The van der Waals surface area contributed by atoms with Crippen LogP contribution in [0.25, 0.3) is 0 Å². The molecule has 1 N–H and O–H groups in total. The van der Waals surface area contributed by atoms with Gasteiger partial charge in [0.25, 0.3) is 6.43 Å². The summed E-state index contributed by atoms with van der Waals surface area (Å²) in [6, 6.07) is 17.4. The van der Waals surface area contributed by atoms with Crippen LogP contribution in [0, 0.1) is 0 Å². The number of hydrogen-bond acceptors (Lipinski definition) is 1. The smallest absolute Gasteiger partial charge is 0.257 e. The molecule has 2 atom stereocenters. The van der Waals surface area contributed by atoms with E-state index in [0.717, 1.165) is 5.56 Å². The number of benzene rings is 2. The lowest BCUT2D eigenvalue weighted by Gasteiger charge is -2.23. The van der Waals surface area contributed by atoms with Gasteiger partial charge in [-0.3, -0.25) is 5.32 Å². The third-order valence-electron chi connectivity index (χ3n) is 3.14. The summed E-state index contributed by atoms with van der Waals surface area (Å²) in [7, 11) is 0. The Labute approximate surface area is 112 Å². The van der Waals surface area contributed by atoms with E-state index in [4.69, 9.17) is 0 Å². The van der Waals surface area contributed by atoms with Crippen LogP contribution in [0.3, 0.4) is 0 Å². The highest BCUT2D eigenvalue weighted by Crippen LogP contribution is 2.24.